The molecule has 108 valence electrons. The van der Waals surface area contributed by atoms with E-state index in [1.54, 1.807) is 12.3 Å². The summed E-state index contributed by atoms with van der Waals surface area (Å²) < 4.78 is 5.59. The van der Waals surface area contributed by atoms with Crippen molar-refractivity contribution in [2.45, 2.75) is 30.8 Å². The van der Waals surface area contributed by atoms with E-state index in [0.29, 0.717) is 16.9 Å². The van der Waals surface area contributed by atoms with Gasteiger partial charge in [-0.05, 0) is 13.0 Å². The summed E-state index contributed by atoms with van der Waals surface area (Å²) in [6.45, 7) is 1.10. The normalized spacial score (nSPS) is 33.9. The molecule has 7 nitrogen and oxygen atoms in total. The highest BCUT2D eigenvalue weighted by molar-refractivity contribution is 5.91. The summed E-state index contributed by atoms with van der Waals surface area (Å²) in [6, 6.07) is 1.78. The molecule has 0 aromatic carbocycles. The molecule has 6 N–H and O–H groups in total. The van der Waals surface area contributed by atoms with Gasteiger partial charge in [-0.2, -0.15) is 0 Å². The van der Waals surface area contributed by atoms with Gasteiger partial charge in [-0.1, -0.05) is 0 Å². The van der Waals surface area contributed by atoms with Gasteiger partial charge < -0.3 is 30.8 Å². The Balaban J connectivity index is 2.12. The Morgan fingerprint density at radius 1 is 1.55 bits per heavy atom. The van der Waals surface area contributed by atoms with Crippen molar-refractivity contribution in [3.05, 3.63) is 24.0 Å². The number of H-pyrrole nitrogens is 1. The largest absolute Gasteiger partial charge is 0.394 e. The van der Waals surface area contributed by atoms with E-state index in [9.17, 15) is 15.3 Å². The molecule has 3 rings (SSSR count). The van der Waals surface area contributed by atoms with Crippen LogP contribution in [0.1, 0.15) is 18.6 Å². The molecule has 1 aliphatic rings. The Bertz CT molecular complexity index is 640. The molecule has 3 heterocycles. The number of aliphatic hydroxyl groups excluding tert-OH is 2. The van der Waals surface area contributed by atoms with Crippen LogP contribution < -0.4 is 5.73 Å². The number of ether oxygens (including phenoxy) is 1. The van der Waals surface area contributed by atoms with E-state index in [4.69, 9.17) is 10.5 Å². The fourth-order valence-electron chi connectivity index (χ4n) is 2.74. The number of hydrogen-bond donors (Lipinski definition) is 5. The lowest BCUT2D eigenvalue weighted by molar-refractivity contribution is -0.0642. The number of aromatic amines is 1. The lowest BCUT2D eigenvalue weighted by Crippen LogP contribution is -2.43. The molecule has 1 fully saturated rings. The number of rotatable bonds is 2. The van der Waals surface area contributed by atoms with Crippen LogP contribution in [0.15, 0.2) is 18.5 Å². The second-order valence-electron chi connectivity index (χ2n) is 5.27. The number of nitrogen functional groups attached to an aromatic ring is 1. The van der Waals surface area contributed by atoms with Crippen LogP contribution in [0, 0.1) is 0 Å². The van der Waals surface area contributed by atoms with Crippen molar-refractivity contribution in [3.63, 3.8) is 0 Å². The number of aromatic nitrogens is 2. The molecule has 4 unspecified atom stereocenters. The van der Waals surface area contributed by atoms with E-state index in [2.05, 4.69) is 9.97 Å². The second-order valence-corrected chi connectivity index (χ2v) is 5.27. The monoisotopic (exact) mass is 279 g/mol. The number of pyridine rings is 1. The van der Waals surface area contributed by atoms with E-state index in [1.165, 1.54) is 13.1 Å². The molecule has 0 amide bonds. The summed E-state index contributed by atoms with van der Waals surface area (Å²) in [4.78, 5) is 7.12. The van der Waals surface area contributed by atoms with Crippen LogP contribution in [0.25, 0.3) is 10.9 Å². The van der Waals surface area contributed by atoms with Crippen molar-refractivity contribution < 1.29 is 20.1 Å². The van der Waals surface area contributed by atoms with Crippen molar-refractivity contribution in [1.82, 2.24) is 9.97 Å². The summed E-state index contributed by atoms with van der Waals surface area (Å²) in [7, 11) is 0. The number of nitrogens with one attached hydrogen (secondary N) is 1. The lowest BCUT2D eigenvalue weighted by atomic mass is 9.89. The molecule has 7 heteroatoms. The van der Waals surface area contributed by atoms with Crippen LogP contribution in [-0.4, -0.2) is 49.7 Å². The van der Waals surface area contributed by atoms with Crippen LogP contribution in [-0.2, 0) is 4.74 Å². The van der Waals surface area contributed by atoms with Gasteiger partial charge in [-0.3, -0.25) is 0 Å². The van der Waals surface area contributed by atoms with Gasteiger partial charge in [0, 0.05) is 23.3 Å². The minimum absolute atomic E-state index is 0.371. The molecule has 2 aromatic heterocycles. The van der Waals surface area contributed by atoms with Gasteiger partial charge in [0.05, 0.1) is 12.1 Å². The zero-order chi connectivity index (χ0) is 14.5. The van der Waals surface area contributed by atoms with Gasteiger partial charge in [0.2, 0.25) is 0 Å². The van der Waals surface area contributed by atoms with Crippen molar-refractivity contribution in [3.8, 4) is 0 Å². The first kappa shape index (κ1) is 13.3. The molecule has 2 aromatic rings. The Labute approximate surface area is 115 Å². The van der Waals surface area contributed by atoms with Gasteiger partial charge in [-0.25, -0.2) is 4.98 Å². The first-order valence-corrected chi connectivity index (χ1v) is 6.35. The van der Waals surface area contributed by atoms with Crippen LogP contribution in [0.2, 0.25) is 0 Å². The highest BCUT2D eigenvalue weighted by Gasteiger charge is 2.53. The van der Waals surface area contributed by atoms with E-state index in [-0.39, 0.29) is 6.61 Å². The molecular weight excluding hydrogens is 262 g/mol. The Hall–Kier alpha value is -1.67. The third kappa shape index (κ3) is 1.71. The second kappa shape index (κ2) is 4.42. The van der Waals surface area contributed by atoms with Crippen LogP contribution >= 0.6 is 0 Å². The quantitative estimate of drug-likeness (QED) is 0.513. The number of fused-ring (bicyclic) bond motifs is 1. The average Bonchev–Trinajstić information content (AvgIpc) is 2.98. The van der Waals surface area contributed by atoms with Gasteiger partial charge in [-0.15, -0.1) is 0 Å². The summed E-state index contributed by atoms with van der Waals surface area (Å²) >= 11 is 0. The van der Waals surface area contributed by atoms with E-state index < -0.39 is 23.9 Å². The number of nitrogens with two attached hydrogens (primary N) is 1. The van der Waals surface area contributed by atoms with Crippen LogP contribution in [0.4, 0.5) is 5.82 Å². The first-order valence-electron chi connectivity index (χ1n) is 6.35. The number of aliphatic hydroxyl groups is 3. The lowest BCUT2D eigenvalue weighted by Gasteiger charge is -2.27. The number of hydrogen-bond acceptors (Lipinski definition) is 6. The molecule has 1 aliphatic heterocycles. The minimum atomic E-state index is -1.52. The van der Waals surface area contributed by atoms with Gasteiger partial charge >= 0.3 is 0 Å². The third-order valence-electron chi connectivity index (χ3n) is 3.91. The number of anilines is 1. The predicted molar refractivity (Wildman–Crippen MR) is 71.8 cm³/mol. The van der Waals surface area contributed by atoms with Crippen LogP contribution in [0.3, 0.4) is 0 Å². The highest BCUT2D eigenvalue weighted by atomic mass is 16.6. The van der Waals surface area contributed by atoms with E-state index in [0.717, 1.165) is 5.39 Å². The molecule has 0 radical (unpaired) electrons. The minimum Gasteiger partial charge on any atom is -0.394 e. The summed E-state index contributed by atoms with van der Waals surface area (Å²) in [5, 5.41) is 30.5. The van der Waals surface area contributed by atoms with Crippen molar-refractivity contribution in [1.29, 1.82) is 0 Å². The molecule has 0 aliphatic carbocycles. The molecule has 0 saturated carbocycles. The number of nitrogens with zero attached hydrogens (tertiary/aromatic N) is 1. The Morgan fingerprint density at radius 2 is 2.30 bits per heavy atom. The molecule has 0 bridgehead atoms. The summed E-state index contributed by atoms with van der Waals surface area (Å²) in [5.41, 5.74) is 5.57. The smallest absolute Gasteiger partial charge is 0.132 e. The zero-order valence-corrected chi connectivity index (χ0v) is 10.9. The Morgan fingerprint density at radius 3 is 2.95 bits per heavy atom. The summed E-state index contributed by atoms with van der Waals surface area (Å²) in [5.74, 6) is 0.377. The summed E-state index contributed by atoms with van der Waals surface area (Å²) in [6.07, 6.45) is 0.414. The van der Waals surface area contributed by atoms with Gasteiger partial charge in [0.1, 0.15) is 29.7 Å². The Kier molecular flexibility index (Phi) is 2.94. The van der Waals surface area contributed by atoms with Crippen molar-refractivity contribution >= 4 is 16.7 Å². The van der Waals surface area contributed by atoms with Gasteiger partial charge in [0.15, 0.2) is 0 Å². The molecule has 0 spiro atoms. The van der Waals surface area contributed by atoms with E-state index in [1.807, 2.05) is 0 Å². The predicted octanol–water partition coefficient (Wildman–Crippen LogP) is -0.311. The SMILES string of the molecule is CC1(O)C(c2cnc(N)c3cc[nH]c23)OC(CO)C1O. The first-order chi connectivity index (χ1) is 9.46. The maximum absolute atomic E-state index is 10.5. The van der Waals surface area contributed by atoms with Crippen molar-refractivity contribution in [2.24, 2.45) is 0 Å². The third-order valence-corrected chi connectivity index (χ3v) is 3.91. The molecule has 20 heavy (non-hydrogen) atoms. The van der Waals surface area contributed by atoms with Gasteiger partial charge in [0.25, 0.3) is 0 Å². The standard InChI is InChI=1S/C13H17N3O4/c1-13(19)10(18)8(5-17)20-11(13)7-4-16-12(14)6-2-3-15-9(6)7/h2-4,8,10-11,15,17-19H,5H2,1H3,(H2,14,16). The fourth-order valence-corrected chi connectivity index (χ4v) is 2.74. The average molecular weight is 279 g/mol. The fraction of sp³-hybridized carbons (Fsp3) is 0.462. The molecule has 1 saturated heterocycles. The maximum Gasteiger partial charge on any atom is 0.132 e. The topological polar surface area (TPSA) is 125 Å². The van der Waals surface area contributed by atoms with Crippen LogP contribution in [0.5, 0.6) is 0 Å². The van der Waals surface area contributed by atoms with E-state index >= 15 is 0 Å². The molecule has 4 atom stereocenters. The molecular formula is C13H17N3O4. The van der Waals surface area contributed by atoms with Crippen molar-refractivity contribution in [2.75, 3.05) is 12.3 Å². The maximum atomic E-state index is 10.5. The highest BCUT2D eigenvalue weighted by Crippen LogP contribution is 2.43. The zero-order valence-electron chi connectivity index (χ0n) is 10.9.